The molecule has 0 saturated heterocycles. The molecule has 0 spiro atoms. The molecule has 3 N–H and O–H groups in total. The normalized spacial score (nSPS) is 11.8. The van der Waals surface area contributed by atoms with Gasteiger partial charge in [-0.25, -0.2) is 4.98 Å². The molecule has 152 valence electrons. The van der Waals surface area contributed by atoms with Gasteiger partial charge in [-0.05, 0) is 30.3 Å². The first-order chi connectivity index (χ1) is 13.1. The summed E-state index contributed by atoms with van der Waals surface area (Å²) in [6, 6.07) is 6.41. The molecule has 0 aliphatic rings. The maximum atomic E-state index is 12.8. The average Bonchev–Trinajstić information content (AvgIpc) is 2.62. The second-order valence-electron chi connectivity index (χ2n) is 5.61. The van der Waals surface area contributed by atoms with Gasteiger partial charge in [0.25, 0.3) is 0 Å². The Balaban J connectivity index is 1.77. The fourth-order valence-corrected chi connectivity index (χ4v) is 2.21. The van der Waals surface area contributed by atoms with Crippen LogP contribution in [0.2, 0.25) is 0 Å². The first kappa shape index (κ1) is 21.3. The van der Waals surface area contributed by atoms with Crippen molar-refractivity contribution in [1.29, 1.82) is 0 Å². The number of alkyl halides is 6. The van der Waals surface area contributed by atoms with E-state index >= 15 is 0 Å². The van der Waals surface area contributed by atoms with Crippen LogP contribution in [0.3, 0.4) is 0 Å². The van der Waals surface area contributed by atoms with Crippen molar-refractivity contribution >= 4 is 17.4 Å². The Kier molecular flexibility index (Phi) is 6.71. The van der Waals surface area contributed by atoms with Gasteiger partial charge in [0.1, 0.15) is 5.82 Å². The molecule has 0 atom stereocenters. The molecule has 11 heteroatoms. The highest BCUT2D eigenvalue weighted by atomic mass is 19.4. The smallest absolute Gasteiger partial charge is 0.376 e. The highest BCUT2D eigenvalue weighted by Crippen LogP contribution is 2.33. The quantitative estimate of drug-likeness (QED) is 0.484. The lowest BCUT2D eigenvalue weighted by Crippen LogP contribution is -2.33. The van der Waals surface area contributed by atoms with E-state index in [1.807, 2.05) is 0 Å². The van der Waals surface area contributed by atoms with E-state index < -0.39 is 29.4 Å². The topological polar surface area (TPSA) is 66.1 Å². The minimum Gasteiger partial charge on any atom is -0.376 e. The minimum atomic E-state index is -4.56. The van der Waals surface area contributed by atoms with Crippen LogP contribution in [0.15, 0.2) is 42.6 Å². The highest BCUT2D eigenvalue weighted by molar-refractivity contribution is 5.80. The number of benzene rings is 1. The van der Waals surface area contributed by atoms with Gasteiger partial charge >= 0.3 is 12.4 Å². The Labute approximate surface area is 156 Å². The predicted molar refractivity (Wildman–Crippen MR) is 90.7 cm³/mol. The summed E-state index contributed by atoms with van der Waals surface area (Å²) in [4.78, 5) is 15.3. The third kappa shape index (κ3) is 6.32. The number of nitrogens with one attached hydrogen (secondary N) is 3. The number of nitrogens with zero attached hydrogens (tertiary/aromatic N) is 1. The van der Waals surface area contributed by atoms with Crippen LogP contribution in [0, 0.1) is 0 Å². The molecule has 1 aromatic carbocycles. The summed E-state index contributed by atoms with van der Waals surface area (Å²) in [5, 5.41) is 7.46. The maximum absolute atomic E-state index is 12.8. The number of pyridine rings is 1. The molecule has 1 aromatic heterocycles. The summed E-state index contributed by atoms with van der Waals surface area (Å²) in [6.07, 6.45) is -7.85. The summed E-state index contributed by atoms with van der Waals surface area (Å²) in [5.74, 6) is -0.886. The number of halogens is 6. The van der Waals surface area contributed by atoms with Crippen LogP contribution in [0.25, 0.3) is 0 Å². The molecular formula is C17H16F6N4O. The van der Waals surface area contributed by atoms with Gasteiger partial charge < -0.3 is 16.0 Å². The van der Waals surface area contributed by atoms with Crippen LogP contribution in [0.1, 0.15) is 11.1 Å². The van der Waals surface area contributed by atoms with Crippen molar-refractivity contribution in [2.45, 2.75) is 12.4 Å². The Morgan fingerprint density at radius 3 is 2.36 bits per heavy atom. The van der Waals surface area contributed by atoms with Crippen molar-refractivity contribution in [2.24, 2.45) is 0 Å². The summed E-state index contributed by atoms with van der Waals surface area (Å²) in [6.45, 7) is -0.314. The molecule has 28 heavy (non-hydrogen) atoms. The number of carbonyl (C=O) groups is 1. The summed E-state index contributed by atoms with van der Waals surface area (Å²) in [7, 11) is 0. The minimum absolute atomic E-state index is 0.00300. The third-order valence-electron chi connectivity index (χ3n) is 3.50. The van der Waals surface area contributed by atoms with Gasteiger partial charge in [-0.2, -0.15) is 26.3 Å². The standard InChI is InChI=1S/C17H16F6N4O/c18-16(19,20)11-3-1-4-12(9-11)27-10-14(28)24-7-8-26-15-13(17(21,22)23)5-2-6-25-15/h1-6,9,27H,7-8,10H2,(H,24,28)(H,25,26). The highest BCUT2D eigenvalue weighted by Gasteiger charge is 2.34. The largest absolute Gasteiger partial charge is 0.419 e. The molecule has 0 fully saturated rings. The van der Waals surface area contributed by atoms with E-state index in [4.69, 9.17) is 0 Å². The van der Waals surface area contributed by atoms with Gasteiger partial charge in [0.2, 0.25) is 5.91 Å². The maximum Gasteiger partial charge on any atom is 0.419 e. The molecule has 0 saturated carbocycles. The second kappa shape index (κ2) is 8.81. The Morgan fingerprint density at radius 2 is 1.68 bits per heavy atom. The Hall–Kier alpha value is -2.98. The van der Waals surface area contributed by atoms with Crippen molar-refractivity contribution in [3.05, 3.63) is 53.7 Å². The number of anilines is 2. The fourth-order valence-electron chi connectivity index (χ4n) is 2.21. The fraction of sp³-hybridized carbons (Fsp3) is 0.294. The number of hydrogen-bond acceptors (Lipinski definition) is 4. The van der Waals surface area contributed by atoms with Crippen molar-refractivity contribution in [3.63, 3.8) is 0 Å². The van der Waals surface area contributed by atoms with Crippen LogP contribution in [-0.4, -0.2) is 30.5 Å². The van der Waals surface area contributed by atoms with Crippen molar-refractivity contribution in [1.82, 2.24) is 10.3 Å². The zero-order valence-electron chi connectivity index (χ0n) is 14.3. The van der Waals surface area contributed by atoms with Crippen LogP contribution >= 0.6 is 0 Å². The molecule has 5 nitrogen and oxygen atoms in total. The van der Waals surface area contributed by atoms with Gasteiger partial charge in [0.15, 0.2) is 0 Å². The predicted octanol–water partition coefficient (Wildman–Crippen LogP) is 3.76. The summed E-state index contributed by atoms with van der Waals surface area (Å²) < 4.78 is 76.3. The molecule has 0 unspecified atom stereocenters. The zero-order chi connectivity index (χ0) is 20.8. The SMILES string of the molecule is O=C(CNc1cccc(C(F)(F)F)c1)NCCNc1ncccc1C(F)(F)F. The molecule has 0 radical (unpaired) electrons. The molecule has 2 rings (SSSR count). The monoisotopic (exact) mass is 406 g/mol. The lowest BCUT2D eigenvalue weighted by atomic mass is 10.2. The molecule has 2 aromatic rings. The summed E-state index contributed by atoms with van der Waals surface area (Å²) in [5.41, 5.74) is -1.66. The molecule has 0 aliphatic heterocycles. The number of rotatable bonds is 7. The van der Waals surface area contributed by atoms with E-state index in [1.165, 1.54) is 18.3 Å². The van der Waals surface area contributed by atoms with Gasteiger partial charge in [-0.1, -0.05) is 6.07 Å². The zero-order valence-corrected chi connectivity index (χ0v) is 14.3. The molecular weight excluding hydrogens is 390 g/mol. The van der Waals surface area contributed by atoms with Crippen LogP contribution in [0.5, 0.6) is 0 Å². The van der Waals surface area contributed by atoms with E-state index in [0.717, 1.165) is 24.3 Å². The van der Waals surface area contributed by atoms with Crippen molar-refractivity contribution in [3.8, 4) is 0 Å². The van der Waals surface area contributed by atoms with E-state index in [1.54, 1.807) is 0 Å². The first-order valence-electron chi connectivity index (χ1n) is 8.01. The third-order valence-corrected chi connectivity index (χ3v) is 3.50. The number of hydrogen-bond donors (Lipinski definition) is 3. The Morgan fingerprint density at radius 1 is 0.929 bits per heavy atom. The molecule has 0 bridgehead atoms. The van der Waals surface area contributed by atoms with E-state index in [-0.39, 0.29) is 31.1 Å². The van der Waals surface area contributed by atoms with Crippen LogP contribution in [-0.2, 0) is 17.1 Å². The molecule has 0 aliphatic carbocycles. The Bertz CT molecular complexity index is 807. The summed E-state index contributed by atoms with van der Waals surface area (Å²) >= 11 is 0. The first-order valence-corrected chi connectivity index (χ1v) is 8.01. The van der Waals surface area contributed by atoms with Crippen LogP contribution < -0.4 is 16.0 Å². The number of carbonyl (C=O) groups excluding carboxylic acids is 1. The lowest BCUT2D eigenvalue weighted by Gasteiger charge is -2.13. The average molecular weight is 406 g/mol. The van der Waals surface area contributed by atoms with Crippen LogP contribution in [0.4, 0.5) is 37.8 Å². The number of aromatic nitrogens is 1. The number of amides is 1. The van der Waals surface area contributed by atoms with E-state index in [0.29, 0.717) is 0 Å². The van der Waals surface area contributed by atoms with Gasteiger partial charge in [-0.15, -0.1) is 0 Å². The lowest BCUT2D eigenvalue weighted by molar-refractivity contribution is -0.138. The molecule has 1 heterocycles. The van der Waals surface area contributed by atoms with E-state index in [9.17, 15) is 31.1 Å². The van der Waals surface area contributed by atoms with Crippen molar-refractivity contribution < 1.29 is 31.1 Å². The second-order valence-corrected chi connectivity index (χ2v) is 5.61. The van der Waals surface area contributed by atoms with Gasteiger partial charge in [0.05, 0.1) is 17.7 Å². The van der Waals surface area contributed by atoms with E-state index in [2.05, 4.69) is 20.9 Å². The van der Waals surface area contributed by atoms with Gasteiger partial charge in [0, 0.05) is 25.0 Å². The van der Waals surface area contributed by atoms with Gasteiger partial charge in [-0.3, -0.25) is 4.79 Å². The molecule has 1 amide bonds. The van der Waals surface area contributed by atoms with Crippen molar-refractivity contribution in [2.75, 3.05) is 30.3 Å².